The molecule has 2 aromatic rings. The van der Waals surface area contributed by atoms with Gasteiger partial charge in [-0.2, -0.15) is 0 Å². The zero-order valence-corrected chi connectivity index (χ0v) is 21.4. The van der Waals surface area contributed by atoms with Gasteiger partial charge in [0.15, 0.2) is 0 Å². The van der Waals surface area contributed by atoms with Gasteiger partial charge in [0.2, 0.25) is 0 Å². The number of hydrazine groups is 1. The molecule has 0 aliphatic carbocycles. The largest absolute Gasteiger partial charge is 0.427 e. The summed E-state index contributed by atoms with van der Waals surface area (Å²) >= 11 is 5.90. The van der Waals surface area contributed by atoms with Crippen LogP contribution in [0.5, 0.6) is 0 Å². The Hall–Kier alpha value is -2.99. The molecule has 33 heavy (non-hydrogen) atoms. The third-order valence-corrected chi connectivity index (χ3v) is 6.13. The van der Waals surface area contributed by atoms with E-state index in [1.165, 1.54) is 0 Å². The molecule has 1 N–H and O–H groups in total. The van der Waals surface area contributed by atoms with Crippen molar-refractivity contribution in [3.05, 3.63) is 76.0 Å². The predicted molar refractivity (Wildman–Crippen MR) is 136 cm³/mol. The Balaban J connectivity index is 2.14. The molecule has 6 heteroatoms. The molecule has 174 valence electrons. The zero-order chi connectivity index (χ0) is 24.7. The molecule has 1 aliphatic heterocycles. The van der Waals surface area contributed by atoms with Crippen LogP contribution in [0.2, 0.25) is 0 Å². The molecule has 3 rings (SSSR count). The Morgan fingerprint density at radius 1 is 1.00 bits per heavy atom. The number of hydrogen-bond donors (Lipinski definition) is 1. The smallest absolute Gasteiger partial charge is 0.316 e. The number of nitrogens with one attached hydrogen (secondary N) is 1. The van der Waals surface area contributed by atoms with Crippen LogP contribution in [-0.4, -0.2) is 27.4 Å². The number of thiocarbonyl (C=S) groups is 1. The van der Waals surface area contributed by atoms with Crippen molar-refractivity contribution in [3.8, 4) is 0 Å². The van der Waals surface area contributed by atoms with Gasteiger partial charge in [0.1, 0.15) is 16.3 Å². The van der Waals surface area contributed by atoms with Gasteiger partial charge in [-0.15, -0.1) is 0 Å². The number of nitrogens with zero attached hydrogens (tertiary/aromatic N) is 1. The number of aryl methyl sites for hydroxylation is 3. The third kappa shape index (κ3) is 4.71. The number of amides is 1. The molecule has 0 radical (unpaired) electrons. The lowest BCUT2D eigenvalue weighted by atomic mass is 9.91. The maximum atomic E-state index is 13.0. The highest BCUT2D eigenvalue weighted by molar-refractivity contribution is 7.81. The minimum atomic E-state index is -0.887. The summed E-state index contributed by atoms with van der Waals surface area (Å²) in [4.78, 5) is 26.4. The maximum absolute atomic E-state index is 13.0. The van der Waals surface area contributed by atoms with Crippen LogP contribution in [0.3, 0.4) is 0 Å². The molecule has 1 amide bonds. The van der Waals surface area contributed by atoms with Gasteiger partial charge in [-0.3, -0.25) is 20.0 Å². The Labute approximate surface area is 201 Å². The zero-order valence-electron chi connectivity index (χ0n) is 20.6. The molecular weight excluding hydrogens is 432 g/mol. The fourth-order valence-corrected chi connectivity index (χ4v) is 4.50. The Bertz CT molecular complexity index is 1130. The van der Waals surface area contributed by atoms with Gasteiger partial charge < -0.3 is 4.74 Å². The first-order chi connectivity index (χ1) is 15.2. The molecule has 0 fully saturated rings. The van der Waals surface area contributed by atoms with E-state index in [9.17, 15) is 9.59 Å². The van der Waals surface area contributed by atoms with E-state index in [4.69, 9.17) is 17.0 Å². The van der Waals surface area contributed by atoms with E-state index < -0.39 is 11.0 Å². The number of benzene rings is 2. The summed E-state index contributed by atoms with van der Waals surface area (Å²) in [5.41, 5.74) is 6.66. The van der Waals surface area contributed by atoms with Crippen LogP contribution >= 0.6 is 12.2 Å². The lowest BCUT2D eigenvalue weighted by Crippen LogP contribution is -2.54. The number of carbonyl (C=O) groups excluding carboxylic acids is 2. The Morgan fingerprint density at radius 2 is 1.55 bits per heavy atom. The first-order valence-electron chi connectivity index (χ1n) is 11.0. The molecule has 2 aromatic carbocycles. The van der Waals surface area contributed by atoms with Crippen LogP contribution in [0.15, 0.2) is 48.2 Å². The molecule has 1 aliphatic rings. The SMILES string of the molecule is Cc1cc(C)c(C2=C(OC(=O)C(C)(C)C)C(C)(C)N(NC(=O)c3ccccc3)C2=S)c(C)c1. The molecule has 0 unspecified atom stereocenters. The Kier molecular flexibility index (Phi) is 6.53. The summed E-state index contributed by atoms with van der Waals surface area (Å²) in [6.45, 7) is 15.3. The Morgan fingerprint density at radius 3 is 2.06 bits per heavy atom. The van der Waals surface area contributed by atoms with Gasteiger partial charge in [-0.05, 0) is 84.2 Å². The highest BCUT2D eigenvalue weighted by Gasteiger charge is 2.48. The first-order valence-corrected chi connectivity index (χ1v) is 11.4. The van der Waals surface area contributed by atoms with E-state index >= 15 is 0 Å². The molecule has 0 atom stereocenters. The van der Waals surface area contributed by atoms with Crippen LogP contribution in [0.1, 0.15) is 67.2 Å². The molecule has 1 heterocycles. The van der Waals surface area contributed by atoms with Gasteiger partial charge in [0, 0.05) is 5.56 Å². The number of rotatable bonds is 4. The van der Waals surface area contributed by atoms with E-state index in [0.29, 0.717) is 21.9 Å². The quantitative estimate of drug-likeness (QED) is 0.466. The van der Waals surface area contributed by atoms with Crippen LogP contribution < -0.4 is 5.43 Å². The molecule has 0 aromatic heterocycles. The van der Waals surface area contributed by atoms with Crippen molar-refractivity contribution in [3.63, 3.8) is 0 Å². The summed E-state index contributed by atoms with van der Waals surface area (Å²) in [6, 6.07) is 13.1. The predicted octanol–water partition coefficient (Wildman–Crippen LogP) is 5.68. The number of ether oxygens (including phenoxy) is 1. The van der Waals surface area contributed by atoms with E-state index in [1.807, 2.05) is 73.6 Å². The van der Waals surface area contributed by atoms with Gasteiger partial charge in [0.05, 0.1) is 11.0 Å². The minimum absolute atomic E-state index is 0.286. The summed E-state index contributed by atoms with van der Waals surface area (Å²) in [5, 5.41) is 1.64. The highest BCUT2D eigenvalue weighted by atomic mass is 32.1. The highest BCUT2D eigenvalue weighted by Crippen LogP contribution is 2.43. The van der Waals surface area contributed by atoms with Crippen molar-refractivity contribution in [1.29, 1.82) is 0 Å². The van der Waals surface area contributed by atoms with E-state index in [1.54, 1.807) is 17.1 Å². The van der Waals surface area contributed by atoms with E-state index in [2.05, 4.69) is 17.6 Å². The van der Waals surface area contributed by atoms with E-state index in [-0.39, 0.29) is 11.9 Å². The second-order valence-corrected chi connectivity index (χ2v) is 10.5. The van der Waals surface area contributed by atoms with Gasteiger partial charge >= 0.3 is 5.97 Å². The van der Waals surface area contributed by atoms with E-state index in [0.717, 1.165) is 22.3 Å². The van der Waals surface area contributed by atoms with Crippen LogP contribution in [0, 0.1) is 26.2 Å². The molecule has 0 bridgehead atoms. The maximum Gasteiger partial charge on any atom is 0.316 e. The summed E-state index contributed by atoms with van der Waals surface area (Å²) < 4.78 is 6.05. The minimum Gasteiger partial charge on any atom is -0.427 e. The monoisotopic (exact) mass is 464 g/mol. The average Bonchev–Trinajstić information content (AvgIpc) is 2.88. The van der Waals surface area contributed by atoms with Gasteiger partial charge in [-0.1, -0.05) is 48.1 Å². The number of esters is 1. The molecule has 5 nitrogen and oxygen atoms in total. The van der Waals surface area contributed by atoms with Crippen molar-refractivity contribution in [2.45, 2.75) is 60.9 Å². The van der Waals surface area contributed by atoms with Crippen molar-refractivity contribution in [1.82, 2.24) is 10.4 Å². The summed E-state index contributed by atoms with van der Waals surface area (Å²) in [5.74, 6) is -0.202. The second-order valence-electron chi connectivity index (χ2n) is 10.1. The molecule has 0 saturated heterocycles. The second kappa shape index (κ2) is 8.75. The summed E-state index contributed by atoms with van der Waals surface area (Å²) in [7, 11) is 0. The van der Waals surface area contributed by atoms with Crippen LogP contribution in [0.4, 0.5) is 0 Å². The lowest BCUT2D eigenvalue weighted by molar-refractivity contribution is -0.150. The topological polar surface area (TPSA) is 58.6 Å². The van der Waals surface area contributed by atoms with Crippen molar-refractivity contribution in [2.24, 2.45) is 5.41 Å². The van der Waals surface area contributed by atoms with Crippen molar-refractivity contribution in [2.75, 3.05) is 0 Å². The normalized spacial score (nSPS) is 15.6. The fraction of sp³-hybridized carbons (Fsp3) is 0.370. The molecule has 0 saturated carbocycles. The lowest BCUT2D eigenvalue weighted by Gasteiger charge is -2.35. The standard InChI is InChI=1S/C27H32N2O3S/c1-16-14-17(2)20(18(3)15-16)21-22(32-25(31)26(4,5)6)27(7,8)29(24(21)33)28-23(30)19-12-10-9-11-13-19/h9-15H,1-8H3,(H,28,30). The third-order valence-electron chi connectivity index (χ3n) is 5.74. The number of carbonyl (C=O) groups is 2. The fourth-order valence-electron chi connectivity index (χ4n) is 4.03. The summed E-state index contributed by atoms with van der Waals surface area (Å²) in [6.07, 6.45) is 0. The van der Waals surface area contributed by atoms with Crippen LogP contribution in [0.25, 0.3) is 5.57 Å². The molecule has 0 spiro atoms. The van der Waals surface area contributed by atoms with Crippen molar-refractivity contribution < 1.29 is 14.3 Å². The van der Waals surface area contributed by atoms with Gasteiger partial charge in [0.25, 0.3) is 5.91 Å². The average molecular weight is 465 g/mol. The van der Waals surface area contributed by atoms with Crippen molar-refractivity contribution >= 4 is 34.7 Å². The van der Waals surface area contributed by atoms with Gasteiger partial charge in [-0.25, -0.2) is 0 Å². The first kappa shape index (κ1) is 24.6. The van der Waals surface area contributed by atoms with Crippen LogP contribution in [-0.2, 0) is 9.53 Å². The molecular formula is C27H32N2O3S. The number of hydrogen-bond acceptors (Lipinski definition) is 4.